The van der Waals surface area contributed by atoms with Gasteiger partial charge in [0.2, 0.25) is 0 Å². The van der Waals surface area contributed by atoms with E-state index in [0.717, 1.165) is 57.9 Å². The van der Waals surface area contributed by atoms with Crippen LogP contribution in [-0.4, -0.2) is 18.6 Å². The van der Waals surface area contributed by atoms with Crippen LogP contribution in [0, 0.1) is 0 Å². The van der Waals surface area contributed by atoms with Crippen molar-refractivity contribution in [2.24, 2.45) is 0 Å². The highest BCUT2D eigenvalue weighted by atomic mass is 16.5. The molecule has 2 unspecified atom stereocenters. The van der Waals surface area contributed by atoms with E-state index in [1.54, 1.807) is 0 Å². The minimum atomic E-state index is -0.556. The number of carbonyl (C=O) groups excluding carboxylic acids is 1. The maximum Gasteiger partial charge on any atom is 0.199 e. The minimum absolute atomic E-state index is 0.132. The Labute approximate surface area is 195 Å². The van der Waals surface area contributed by atoms with Gasteiger partial charge < -0.3 is 14.8 Å². The summed E-state index contributed by atoms with van der Waals surface area (Å²) in [5.74, 6) is 1.48. The molecule has 0 fully saturated rings. The number of nitrogens with one attached hydrogen (secondary N) is 1. The van der Waals surface area contributed by atoms with Gasteiger partial charge in [0, 0.05) is 22.9 Å². The van der Waals surface area contributed by atoms with Gasteiger partial charge >= 0.3 is 0 Å². The van der Waals surface area contributed by atoms with E-state index in [2.05, 4.69) is 18.3 Å². The summed E-state index contributed by atoms with van der Waals surface area (Å²) in [5.41, 5.74) is 5.85. The summed E-state index contributed by atoms with van der Waals surface area (Å²) in [7, 11) is 0. The number of benzene rings is 3. The van der Waals surface area contributed by atoms with Crippen LogP contribution in [0.2, 0.25) is 0 Å². The number of hydrogen-bond donors (Lipinski definition) is 1. The molecule has 4 nitrogen and oxygen atoms in total. The van der Waals surface area contributed by atoms with Crippen LogP contribution in [0.25, 0.3) is 11.1 Å². The Balaban J connectivity index is 1.51. The lowest BCUT2D eigenvalue weighted by atomic mass is 9.94. The smallest absolute Gasteiger partial charge is 0.199 e. The Morgan fingerprint density at radius 2 is 1.79 bits per heavy atom. The van der Waals surface area contributed by atoms with Gasteiger partial charge in [-0.15, -0.1) is 0 Å². The van der Waals surface area contributed by atoms with Gasteiger partial charge in [0.15, 0.2) is 12.0 Å². The predicted molar refractivity (Wildman–Crippen MR) is 132 cm³/mol. The molecule has 0 saturated carbocycles. The van der Waals surface area contributed by atoms with Crippen LogP contribution in [-0.2, 0) is 4.79 Å². The van der Waals surface area contributed by atoms with E-state index in [1.165, 1.54) is 0 Å². The van der Waals surface area contributed by atoms with E-state index in [4.69, 9.17) is 9.47 Å². The second kappa shape index (κ2) is 9.14. The molecule has 3 aromatic rings. The fourth-order valence-electron chi connectivity index (χ4n) is 4.73. The number of unbranched alkanes of at least 4 members (excludes halogenated alkanes) is 1. The third-order valence-electron chi connectivity index (χ3n) is 6.48. The maximum absolute atomic E-state index is 13.6. The second-order valence-corrected chi connectivity index (χ2v) is 8.77. The number of allylic oxidation sites excluding steroid dienone is 1. The topological polar surface area (TPSA) is 47.6 Å². The Bertz CT molecular complexity index is 1200. The number of fused-ring (bicyclic) bond motifs is 3. The molecule has 0 bridgehead atoms. The number of hydrogen-bond acceptors (Lipinski definition) is 4. The first-order chi connectivity index (χ1) is 16.2. The number of carbonyl (C=O) groups is 1. The van der Waals surface area contributed by atoms with Crippen molar-refractivity contribution in [3.63, 3.8) is 0 Å². The van der Waals surface area contributed by atoms with Crippen LogP contribution in [0.15, 0.2) is 83.9 Å². The van der Waals surface area contributed by atoms with Crippen LogP contribution >= 0.6 is 0 Å². The molecule has 168 valence electrons. The van der Waals surface area contributed by atoms with Crippen LogP contribution in [0.4, 0.5) is 5.69 Å². The predicted octanol–water partition coefficient (Wildman–Crippen LogP) is 6.74. The van der Waals surface area contributed by atoms with Crippen LogP contribution in [0.3, 0.4) is 0 Å². The van der Waals surface area contributed by atoms with Gasteiger partial charge in [-0.1, -0.05) is 67.4 Å². The Hall–Kier alpha value is -3.53. The van der Waals surface area contributed by atoms with Crippen molar-refractivity contribution in [3.05, 3.63) is 89.5 Å². The van der Waals surface area contributed by atoms with Crippen LogP contribution in [0.1, 0.15) is 44.6 Å². The van der Waals surface area contributed by atoms with Crippen molar-refractivity contribution in [1.82, 2.24) is 0 Å². The van der Waals surface area contributed by atoms with Gasteiger partial charge in [-0.25, -0.2) is 0 Å². The summed E-state index contributed by atoms with van der Waals surface area (Å²) in [5, 5.41) is 3.51. The van der Waals surface area contributed by atoms with Crippen molar-refractivity contribution in [2.45, 2.75) is 45.3 Å². The molecular formula is C29H29NO3. The van der Waals surface area contributed by atoms with Crippen molar-refractivity contribution in [3.8, 4) is 22.6 Å². The zero-order valence-corrected chi connectivity index (χ0v) is 19.1. The molecule has 2 atom stereocenters. The first-order valence-corrected chi connectivity index (χ1v) is 11.7. The van der Waals surface area contributed by atoms with E-state index >= 15 is 0 Å². The van der Waals surface area contributed by atoms with Gasteiger partial charge in [0.1, 0.15) is 11.5 Å². The largest absolute Gasteiger partial charge is 0.493 e. The quantitative estimate of drug-likeness (QED) is 0.432. The summed E-state index contributed by atoms with van der Waals surface area (Å²) in [4.78, 5) is 13.6. The highest BCUT2D eigenvalue weighted by Crippen LogP contribution is 2.44. The lowest BCUT2D eigenvalue weighted by Crippen LogP contribution is -2.32. The fraction of sp³-hybridized carbons (Fsp3) is 0.276. The van der Waals surface area contributed by atoms with E-state index in [-0.39, 0.29) is 11.7 Å². The standard InChI is InChI=1S/C29H29NO3/c1-3-4-16-32-21-14-15-23-22-12-8-9-13-25(22)30-29(33-26(23)18-21)27-19(2)17-24(28(27)31)20-10-6-5-7-11-20/h5-15,18,24,29-30H,3-4,16-17H2,1-2H3. The summed E-state index contributed by atoms with van der Waals surface area (Å²) in [6.45, 7) is 4.87. The first kappa shape index (κ1) is 21.3. The van der Waals surface area contributed by atoms with Gasteiger partial charge in [-0.2, -0.15) is 0 Å². The summed E-state index contributed by atoms with van der Waals surface area (Å²) >= 11 is 0. The molecule has 5 rings (SSSR count). The van der Waals surface area contributed by atoms with Crippen LogP contribution in [0.5, 0.6) is 11.5 Å². The molecule has 33 heavy (non-hydrogen) atoms. The van der Waals surface area contributed by atoms with Crippen molar-refractivity contribution in [1.29, 1.82) is 0 Å². The second-order valence-electron chi connectivity index (χ2n) is 8.77. The Morgan fingerprint density at radius 1 is 1.00 bits per heavy atom. The number of rotatable bonds is 6. The minimum Gasteiger partial charge on any atom is -0.493 e. The molecule has 0 amide bonds. The number of ether oxygens (including phenoxy) is 2. The summed E-state index contributed by atoms with van der Waals surface area (Å²) in [6, 6.07) is 24.1. The molecule has 0 spiro atoms. The molecule has 4 heteroatoms. The molecule has 2 aliphatic rings. The maximum atomic E-state index is 13.6. The zero-order chi connectivity index (χ0) is 22.8. The molecular weight excluding hydrogens is 410 g/mol. The van der Waals surface area contributed by atoms with Crippen LogP contribution < -0.4 is 14.8 Å². The van der Waals surface area contributed by atoms with Crippen molar-refractivity contribution >= 4 is 11.5 Å². The number of para-hydroxylation sites is 1. The third kappa shape index (κ3) is 4.13. The molecule has 1 N–H and O–H groups in total. The lowest BCUT2D eigenvalue weighted by Gasteiger charge is -2.22. The average molecular weight is 440 g/mol. The summed E-state index contributed by atoms with van der Waals surface area (Å²) < 4.78 is 12.5. The average Bonchev–Trinajstić information content (AvgIpc) is 3.04. The molecule has 1 aliphatic heterocycles. The van der Waals surface area contributed by atoms with Gasteiger partial charge in [0.25, 0.3) is 0 Å². The molecule has 1 heterocycles. The molecule has 1 aliphatic carbocycles. The Morgan fingerprint density at radius 3 is 2.61 bits per heavy atom. The highest BCUT2D eigenvalue weighted by molar-refractivity contribution is 6.05. The van der Waals surface area contributed by atoms with Gasteiger partial charge in [0.05, 0.1) is 18.1 Å². The Kier molecular flexibility index (Phi) is 5.91. The SMILES string of the molecule is CCCCOc1ccc2c(c1)OC(C1=C(C)CC(c3ccccc3)C1=O)Nc1ccccc1-2. The van der Waals surface area contributed by atoms with E-state index in [1.807, 2.05) is 73.7 Å². The zero-order valence-electron chi connectivity index (χ0n) is 19.1. The van der Waals surface area contributed by atoms with Gasteiger partial charge in [-0.3, -0.25) is 4.79 Å². The molecule has 0 saturated heterocycles. The van der Waals surface area contributed by atoms with Crippen molar-refractivity contribution in [2.75, 3.05) is 11.9 Å². The number of ketones is 1. The third-order valence-corrected chi connectivity index (χ3v) is 6.48. The van der Waals surface area contributed by atoms with E-state index in [9.17, 15) is 4.79 Å². The van der Waals surface area contributed by atoms with E-state index in [0.29, 0.717) is 13.0 Å². The molecule has 0 radical (unpaired) electrons. The van der Waals surface area contributed by atoms with Crippen molar-refractivity contribution < 1.29 is 14.3 Å². The normalized spacial score (nSPS) is 19.3. The van der Waals surface area contributed by atoms with E-state index < -0.39 is 6.23 Å². The molecule has 0 aromatic heterocycles. The molecule has 3 aromatic carbocycles. The fourth-order valence-corrected chi connectivity index (χ4v) is 4.73. The number of anilines is 1. The first-order valence-electron chi connectivity index (χ1n) is 11.7. The monoisotopic (exact) mass is 439 g/mol. The number of Topliss-reactive ketones (excluding diaryl/α,β-unsaturated/α-hetero) is 1. The summed E-state index contributed by atoms with van der Waals surface area (Å²) in [6.07, 6.45) is 2.25. The highest BCUT2D eigenvalue weighted by Gasteiger charge is 2.38. The lowest BCUT2D eigenvalue weighted by molar-refractivity contribution is -0.116. The van der Waals surface area contributed by atoms with Gasteiger partial charge in [-0.05, 0) is 43.5 Å².